The zero-order valence-corrected chi connectivity index (χ0v) is 13.4. The number of halogens is 2. The fraction of sp³-hybridized carbons (Fsp3) is 0.0588. The van der Waals surface area contributed by atoms with Crippen molar-refractivity contribution >= 4 is 45.7 Å². The van der Waals surface area contributed by atoms with Gasteiger partial charge in [0.2, 0.25) is 0 Å². The van der Waals surface area contributed by atoms with Crippen molar-refractivity contribution < 1.29 is 9.53 Å². The van der Waals surface area contributed by atoms with Crippen LogP contribution in [0.4, 0.5) is 5.69 Å². The van der Waals surface area contributed by atoms with E-state index in [2.05, 4.69) is 10.3 Å². The van der Waals surface area contributed by atoms with Crippen molar-refractivity contribution in [2.75, 3.05) is 11.9 Å². The normalized spacial score (nSPS) is 10.5. The van der Waals surface area contributed by atoms with E-state index in [1.807, 2.05) is 24.3 Å². The topological polar surface area (TPSA) is 51.2 Å². The van der Waals surface area contributed by atoms with E-state index in [0.29, 0.717) is 21.5 Å². The molecule has 0 fully saturated rings. The summed E-state index contributed by atoms with van der Waals surface area (Å²) < 4.78 is 5.50. The highest BCUT2D eigenvalue weighted by molar-refractivity contribution is 6.39. The van der Waals surface area contributed by atoms with Crippen LogP contribution < -0.4 is 10.1 Å². The Morgan fingerprint density at radius 1 is 1.09 bits per heavy atom. The Morgan fingerprint density at radius 3 is 2.65 bits per heavy atom. The van der Waals surface area contributed by atoms with Crippen molar-refractivity contribution in [3.63, 3.8) is 0 Å². The van der Waals surface area contributed by atoms with Crippen LogP contribution in [0.2, 0.25) is 10.0 Å². The summed E-state index contributed by atoms with van der Waals surface area (Å²) in [6, 6.07) is 14.2. The summed E-state index contributed by atoms with van der Waals surface area (Å²) in [5.41, 5.74) is 1.25. The van der Waals surface area contributed by atoms with Gasteiger partial charge in [-0.15, -0.1) is 0 Å². The molecule has 3 rings (SSSR count). The Hall–Kier alpha value is -2.30. The molecule has 1 N–H and O–H groups in total. The summed E-state index contributed by atoms with van der Waals surface area (Å²) in [5, 5.41) is 4.34. The van der Waals surface area contributed by atoms with Gasteiger partial charge in [0.15, 0.2) is 6.61 Å². The maximum atomic E-state index is 12.0. The number of aromatic nitrogens is 1. The van der Waals surface area contributed by atoms with Crippen LogP contribution in [0.3, 0.4) is 0 Å². The third-order valence-electron chi connectivity index (χ3n) is 3.17. The summed E-state index contributed by atoms with van der Waals surface area (Å²) in [6.07, 6.45) is 1.73. The van der Waals surface area contributed by atoms with Gasteiger partial charge in [0.25, 0.3) is 5.91 Å². The van der Waals surface area contributed by atoms with Crippen LogP contribution >= 0.6 is 23.2 Å². The Balaban J connectivity index is 1.66. The molecule has 1 heterocycles. The number of hydrogen-bond donors (Lipinski definition) is 1. The van der Waals surface area contributed by atoms with Crippen molar-refractivity contribution in [3.8, 4) is 5.75 Å². The molecular weight excluding hydrogens is 335 g/mol. The summed E-state index contributed by atoms with van der Waals surface area (Å²) in [7, 11) is 0. The third kappa shape index (κ3) is 3.73. The van der Waals surface area contributed by atoms with Crippen LogP contribution in [-0.2, 0) is 4.79 Å². The molecule has 0 aliphatic carbocycles. The Morgan fingerprint density at radius 2 is 1.87 bits per heavy atom. The second kappa shape index (κ2) is 6.86. The van der Waals surface area contributed by atoms with E-state index in [4.69, 9.17) is 27.9 Å². The fourth-order valence-corrected chi connectivity index (χ4v) is 2.58. The van der Waals surface area contributed by atoms with Gasteiger partial charge in [0.1, 0.15) is 5.75 Å². The van der Waals surface area contributed by atoms with E-state index >= 15 is 0 Å². The van der Waals surface area contributed by atoms with Gasteiger partial charge >= 0.3 is 0 Å². The van der Waals surface area contributed by atoms with E-state index in [1.54, 1.807) is 30.5 Å². The molecule has 23 heavy (non-hydrogen) atoms. The molecule has 3 aromatic rings. The summed E-state index contributed by atoms with van der Waals surface area (Å²) in [4.78, 5) is 16.2. The van der Waals surface area contributed by atoms with E-state index in [0.717, 1.165) is 10.9 Å². The number of rotatable bonds is 4. The first-order valence-electron chi connectivity index (χ1n) is 6.85. The van der Waals surface area contributed by atoms with Crippen LogP contribution in [0.25, 0.3) is 10.9 Å². The Kier molecular flexibility index (Phi) is 4.65. The molecule has 116 valence electrons. The second-order valence-electron chi connectivity index (χ2n) is 4.79. The number of carbonyl (C=O) groups excluding carboxylic acids is 1. The monoisotopic (exact) mass is 346 g/mol. The lowest BCUT2D eigenvalue weighted by Crippen LogP contribution is -2.20. The van der Waals surface area contributed by atoms with E-state index in [1.165, 1.54) is 0 Å². The van der Waals surface area contributed by atoms with Crippen LogP contribution in [-0.4, -0.2) is 17.5 Å². The first-order valence-corrected chi connectivity index (χ1v) is 7.60. The van der Waals surface area contributed by atoms with Gasteiger partial charge in [0, 0.05) is 11.6 Å². The zero-order chi connectivity index (χ0) is 16.2. The van der Waals surface area contributed by atoms with Crippen LogP contribution in [0.1, 0.15) is 0 Å². The minimum absolute atomic E-state index is 0.146. The smallest absolute Gasteiger partial charge is 0.262 e. The molecule has 1 aromatic heterocycles. The zero-order valence-electron chi connectivity index (χ0n) is 11.9. The molecule has 0 bridgehead atoms. The van der Waals surface area contributed by atoms with Gasteiger partial charge in [-0.3, -0.25) is 9.78 Å². The number of nitrogens with one attached hydrogen (secondary N) is 1. The van der Waals surface area contributed by atoms with Crippen molar-refractivity contribution in [2.45, 2.75) is 0 Å². The molecule has 0 unspecified atom stereocenters. The van der Waals surface area contributed by atoms with Crippen molar-refractivity contribution in [3.05, 3.63) is 64.8 Å². The van der Waals surface area contributed by atoms with Crippen LogP contribution in [0, 0.1) is 0 Å². The standard InChI is InChI=1S/C17H12Cl2N2O2/c18-13-4-1-5-14(19)17(13)21-16(22)10-23-12-6-7-15-11(9-12)3-2-8-20-15/h1-9H,10H2,(H,21,22). The molecule has 0 saturated carbocycles. The number of para-hydroxylation sites is 1. The number of carbonyl (C=O) groups is 1. The lowest BCUT2D eigenvalue weighted by Gasteiger charge is -2.10. The molecule has 0 saturated heterocycles. The Bertz CT molecular complexity index is 848. The number of fused-ring (bicyclic) bond motifs is 1. The van der Waals surface area contributed by atoms with Crippen LogP contribution in [0.15, 0.2) is 54.7 Å². The SMILES string of the molecule is O=C(COc1ccc2ncccc2c1)Nc1c(Cl)cccc1Cl. The Labute approximate surface area is 143 Å². The average Bonchev–Trinajstić information content (AvgIpc) is 2.56. The van der Waals surface area contributed by atoms with E-state index in [-0.39, 0.29) is 12.5 Å². The van der Waals surface area contributed by atoms with Crippen molar-refractivity contribution in [2.24, 2.45) is 0 Å². The summed E-state index contributed by atoms with van der Waals surface area (Å²) in [5.74, 6) is 0.247. The highest BCUT2D eigenvalue weighted by atomic mass is 35.5. The number of hydrogen-bond acceptors (Lipinski definition) is 3. The minimum Gasteiger partial charge on any atom is -0.484 e. The lowest BCUT2D eigenvalue weighted by molar-refractivity contribution is -0.118. The number of nitrogens with zero attached hydrogens (tertiary/aromatic N) is 1. The molecule has 4 nitrogen and oxygen atoms in total. The maximum absolute atomic E-state index is 12.0. The predicted octanol–water partition coefficient (Wildman–Crippen LogP) is 4.56. The maximum Gasteiger partial charge on any atom is 0.262 e. The lowest BCUT2D eigenvalue weighted by atomic mass is 10.2. The van der Waals surface area contributed by atoms with E-state index in [9.17, 15) is 4.79 Å². The minimum atomic E-state index is -0.341. The first kappa shape index (κ1) is 15.6. The molecule has 0 spiro atoms. The molecule has 0 radical (unpaired) electrons. The van der Waals surface area contributed by atoms with Gasteiger partial charge in [-0.25, -0.2) is 0 Å². The van der Waals surface area contributed by atoms with Crippen molar-refractivity contribution in [1.82, 2.24) is 4.98 Å². The van der Waals surface area contributed by atoms with Gasteiger partial charge in [-0.1, -0.05) is 35.3 Å². The number of anilines is 1. The van der Waals surface area contributed by atoms with Gasteiger partial charge in [-0.2, -0.15) is 0 Å². The quantitative estimate of drug-likeness (QED) is 0.753. The third-order valence-corrected chi connectivity index (χ3v) is 3.80. The average molecular weight is 347 g/mol. The highest BCUT2D eigenvalue weighted by Crippen LogP contribution is 2.29. The predicted molar refractivity (Wildman–Crippen MR) is 92.3 cm³/mol. The van der Waals surface area contributed by atoms with E-state index < -0.39 is 0 Å². The van der Waals surface area contributed by atoms with Gasteiger partial charge in [-0.05, 0) is 36.4 Å². The second-order valence-corrected chi connectivity index (χ2v) is 5.61. The molecular formula is C17H12Cl2N2O2. The fourth-order valence-electron chi connectivity index (χ4n) is 2.09. The number of benzene rings is 2. The molecule has 0 aliphatic heterocycles. The largest absolute Gasteiger partial charge is 0.484 e. The van der Waals surface area contributed by atoms with Gasteiger partial charge in [0.05, 0.1) is 21.2 Å². The molecule has 0 aliphatic rings. The number of amides is 1. The molecule has 1 amide bonds. The number of pyridine rings is 1. The summed E-state index contributed by atoms with van der Waals surface area (Å²) in [6.45, 7) is -0.146. The first-order chi connectivity index (χ1) is 11.1. The van der Waals surface area contributed by atoms with Gasteiger partial charge < -0.3 is 10.1 Å². The molecule has 6 heteroatoms. The molecule has 2 aromatic carbocycles. The summed E-state index contributed by atoms with van der Waals surface area (Å²) >= 11 is 12.0. The highest BCUT2D eigenvalue weighted by Gasteiger charge is 2.10. The van der Waals surface area contributed by atoms with Crippen LogP contribution in [0.5, 0.6) is 5.75 Å². The molecule has 0 atom stereocenters. The number of ether oxygens (including phenoxy) is 1. The van der Waals surface area contributed by atoms with Crippen molar-refractivity contribution in [1.29, 1.82) is 0 Å².